The van der Waals surface area contributed by atoms with Gasteiger partial charge in [0.25, 0.3) is 0 Å². The number of thiophene rings is 1. The fraction of sp³-hybridized carbons (Fsp3) is 0.474. The van der Waals surface area contributed by atoms with Crippen molar-refractivity contribution in [2.75, 3.05) is 31.1 Å². The first kappa shape index (κ1) is 19.2. The van der Waals surface area contributed by atoms with Crippen molar-refractivity contribution in [3.05, 3.63) is 45.7 Å². The molecule has 0 amide bonds. The quantitative estimate of drug-likeness (QED) is 0.733. The van der Waals surface area contributed by atoms with E-state index in [0.29, 0.717) is 0 Å². The Morgan fingerprint density at radius 3 is 2.64 bits per heavy atom. The van der Waals surface area contributed by atoms with Crippen molar-refractivity contribution < 1.29 is 4.21 Å². The summed E-state index contributed by atoms with van der Waals surface area (Å²) in [5.74, 6) is 1.62. The summed E-state index contributed by atoms with van der Waals surface area (Å²) in [4.78, 5) is 5.10. The molecule has 2 aromatic rings. The zero-order chi connectivity index (χ0) is 17.9. The van der Waals surface area contributed by atoms with Crippen molar-refractivity contribution in [2.45, 2.75) is 25.9 Å². The molecule has 136 valence electrons. The lowest BCUT2D eigenvalue weighted by Gasteiger charge is -2.40. The highest BCUT2D eigenvalue weighted by Crippen LogP contribution is 2.33. The molecular formula is C19H25BrN2OS2. The first-order valence-electron chi connectivity index (χ1n) is 8.60. The van der Waals surface area contributed by atoms with E-state index in [-0.39, 0.29) is 5.54 Å². The molecule has 0 radical (unpaired) electrons. The summed E-state index contributed by atoms with van der Waals surface area (Å²) < 4.78 is 12.7. The lowest BCUT2D eigenvalue weighted by molar-refractivity contribution is 0.131. The van der Waals surface area contributed by atoms with E-state index < -0.39 is 10.8 Å². The molecule has 25 heavy (non-hydrogen) atoms. The zero-order valence-corrected chi connectivity index (χ0v) is 18.0. The molecule has 1 fully saturated rings. The van der Waals surface area contributed by atoms with Gasteiger partial charge in [0.05, 0.1) is 0 Å². The van der Waals surface area contributed by atoms with E-state index in [2.05, 4.69) is 70.3 Å². The van der Waals surface area contributed by atoms with Crippen LogP contribution in [-0.4, -0.2) is 45.8 Å². The number of rotatable bonds is 6. The van der Waals surface area contributed by atoms with Crippen LogP contribution in [0.3, 0.4) is 0 Å². The van der Waals surface area contributed by atoms with Gasteiger partial charge in [0.1, 0.15) is 0 Å². The van der Waals surface area contributed by atoms with E-state index in [0.717, 1.165) is 42.2 Å². The average Bonchev–Trinajstić information content (AvgIpc) is 3.04. The largest absolute Gasteiger partial charge is 0.310 e. The van der Waals surface area contributed by atoms with Crippen molar-refractivity contribution in [1.29, 1.82) is 0 Å². The third-order valence-corrected chi connectivity index (χ3v) is 7.78. The highest BCUT2D eigenvalue weighted by Gasteiger charge is 2.29. The molecular weight excluding hydrogens is 416 g/mol. The van der Waals surface area contributed by atoms with Gasteiger partial charge in [0.15, 0.2) is 0 Å². The molecule has 0 aliphatic carbocycles. The zero-order valence-electron chi connectivity index (χ0n) is 14.8. The molecule has 1 aliphatic rings. The Hall–Kier alpha value is -0.530. The first-order chi connectivity index (χ1) is 12.0. The molecule has 0 spiro atoms. The molecule has 3 rings (SSSR count). The van der Waals surface area contributed by atoms with E-state index in [1.807, 2.05) is 17.4 Å². The van der Waals surface area contributed by atoms with Gasteiger partial charge in [0, 0.05) is 73.8 Å². The van der Waals surface area contributed by atoms with Gasteiger partial charge in [0.2, 0.25) is 0 Å². The van der Waals surface area contributed by atoms with E-state index in [1.54, 1.807) is 0 Å². The van der Waals surface area contributed by atoms with Crippen LogP contribution in [0, 0.1) is 0 Å². The Balaban J connectivity index is 1.54. The van der Waals surface area contributed by atoms with Crippen molar-refractivity contribution in [2.24, 2.45) is 0 Å². The summed E-state index contributed by atoms with van der Waals surface area (Å²) in [6.07, 6.45) is 0. The summed E-state index contributed by atoms with van der Waals surface area (Å²) in [6, 6.07) is 12.8. The van der Waals surface area contributed by atoms with E-state index >= 15 is 0 Å². The van der Waals surface area contributed by atoms with Crippen molar-refractivity contribution in [3.8, 4) is 10.4 Å². The fourth-order valence-corrected chi connectivity index (χ4v) is 5.82. The molecule has 1 aliphatic heterocycles. The average molecular weight is 441 g/mol. The maximum atomic E-state index is 11.5. The smallest absolute Gasteiger partial charge is 0.0363 e. The SMILES string of the molecule is CC(C)(CNCc1ccc(-c2ccccc2Br)s1)N1CCS(=O)CC1. The summed E-state index contributed by atoms with van der Waals surface area (Å²) in [7, 11) is -0.613. The van der Waals surface area contributed by atoms with Crippen molar-refractivity contribution >= 4 is 38.1 Å². The predicted molar refractivity (Wildman–Crippen MR) is 113 cm³/mol. The minimum absolute atomic E-state index is 0.0904. The predicted octanol–water partition coefficient (Wildman–Crippen LogP) is 4.11. The lowest BCUT2D eigenvalue weighted by atomic mass is 10.0. The number of hydrogen-bond donors (Lipinski definition) is 1. The van der Waals surface area contributed by atoms with E-state index in [4.69, 9.17) is 0 Å². The second-order valence-electron chi connectivity index (χ2n) is 7.00. The van der Waals surface area contributed by atoms with Gasteiger partial charge in [-0.15, -0.1) is 11.3 Å². The van der Waals surface area contributed by atoms with Crippen LogP contribution in [-0.2, 0) is 17.3 Å². The monoisotopic (exact) mass is 440 g/mol. The molecule has 1 saturated heterocycles. The summed E-state index contributed by atoms with van der Waals surface area (Å²) in [6.45, 7) is 8.24. The Morgan fingerprint density at radius 2 is 1.92 bits per heavy atom. The normalized spacial score (nSPS) is 17.1. The van der Waals surface area contributed by atoms with Gasteiger partial charge in [-0.05, 0) is 32.0 Å². The molecule has 1 aromatic carbocycles. The Kier molecular flexibility index (Phi) is 6.49. The van der Waals surface area contributed by atoms with Crippen LogP contribution >= 0.6 is 27.3 Å². The van der Waals surface area contributed by atoms with Gasteiger partial charge in [-0.25, -0.2) is 0 Å². The van der Waals surface area contributed by atoms with Crippen molar-refractivity contribution in [3.63, 3.8) is 0 Å². The molecule has 0 atom stereocenters. The minimum atomic E-state index is -0.613. The van der Waals surface area contributed by atoms with Gasteiger partial charge in [-0.2, -0.15) is 0 Å². The van der Waals surface area contributed by atoms with E-state index in [9.17, 15) is 4.21 Å². The third-order valence-electron chi connectivity index (χ3n) is 4.69. The maximum Gasteiger partial charge on any atom is 0.0363 e. The Labute approximate surface area is 165 Å². The maximum absolute atomic E-state index is 11.5. The van der Waals surface area contributed by atoms with Crippen LogP contribution in [0.4, 0.5) is 0 Å². The van der Waals surface area contributed by atoms with Crippen LogP contribution in [0.15, 0.2) is 40.9 Å². The minimum Gasteiger partial charge on any atom is -0.310 e. The number of nitrogens with zero attached hydrogens (tertiary/aromatic N) is 1. The number of hydrogen-bond acceptors (Lipinski definition) is 4. The topological polar surface area (TPSA) is 32.3 Å². The Bertz CT molecular complexity index is 735. The summed E-state index contributed by atoms with van der Waals surface area (Å²) >= 11 is 5.47. The molecule has 0 bridgehead atoms. The molecule has 0 unspecified atom stereocenters. The number of halogens is 1. The van der Waals surface area contributed by atoms with Gasteiger partial charge < -0.3 is 5.32 Å². The lowest BCUT2D eigenvalue weighted by Crippen LogP contribution is -2.54. The van der Waals surface area contributed by atoms with Crippen LogP contribution in [0.25, 0.3) is 10.4 Å². The molecule has 6 heteroatoms. The molecule has 0 saturated carbocycles. The van der Waals surface area contributed by atoms with Crippen LogP contribution in [0.5, 0.6) is 0 Å². The Morgan fingerprint density at radius 1 is 1.20 bits per heavy atom. The van der Waals surface area contributed by atoms with Gasteiger partial charge >= 0.3 is 0 Å². The molecule has 3 nitrogen and oxygen atoms in total. The van der Waals surface area contributed by atoms with E-state index in [1.165, 1.54) is 15.3 Å². The highest BCUT2D eigenvalue weighted by atomic mass is 79.9. The third kappa shape index (κ3) is 5.01. The number of benzene rings is 1. The van der Waals surface area contributed by atoms with Gasteiger partial charge in [-0.3, -0.25) is 9.11 Å². The van der Waals surface area contributed by atoms with Crippen LogP contribution in [0.2, 0.25) is 0 Å². The van der Waals surface area contributed by atoms with Crippen LogP contribution in [0.1, 0.15) is 18.7 Å². The number of nitrogens with one attached hydrogen (secondary N) is 1. The first-order valence-corrected chi connectivity index (χ1v) is 11.7. The second-order valence-corrected chi connectivity index (χ2v) is 10.7. The summed E-state index contributed by atoms with van der Waals surface area (Å²) in [5.41, 5.74) is 1.34. The van der Waals surface area contributed by atoms with Crippen molar-refractivity contribution in [1.82, 2.24) is 10.2 Å². The van der Waals surface area contributed by atoms with Crippen LogP contribution < -0.4 is 5.32 Å². The van der Waals surface area contributed by atoms with Gasteiger partial charge in [-0.1, -0.05) is 34.1 Å². The summed E-state index contributed by atoms with van der Waals surface area (Å²) in [5, 5.41) is 3.61. The molecule has 1 N–H and O–H groups in total. The second kappa shape index (κ2) is 8.44. The fourth-order valence-electron chi connectivity index (χ4n) is 3.13. The highest BCUT2D eigenvalue weighted by molar-refractivity contribution is 9.10. The standard InChI is InChI=1S/C19H25BrN2OS2/c1-19(2,22-9-11-25(23)12-10-22)14-21-13-15-7-8-18(24-15)16-5-3-4-6-17(16)20/h3-8,21H,9-14H2,1-2H3. The molecule has 2 heterocycles. The molecule has 1 aromatic heterocycles.